The maximum atomic E-state index is 13.1. The van der Waals surface area contributed by atoms with E-state index < -0.39 is 0 Å². The van der Waals surface area contributed by atoms with Crippen LogP contribution < -0.4 is 0 Å². The molecule has 1 aliphatic carbocycles. The number of aromatic amines is 1. The quantitative estimate of drug-likeness (QED) is 0.730. The minimum atomic E-state index is 0.0679. The Balaban J connectivity index is 1.17. The van der Waals surface area contributed by atoms with Gasteiger partial charge in [0.2, 0.25) is 5.91 Å². The van der Waals surface area contributed by atoms with Crippen LogP contribution in [0.2, 0.25) is 0 Å². The first kappa shape index (κ1) is 17.7. The zero-order valence-electron chi connectivity index (χ0n) is 16.9. The molecule has 2 aliphatic heterocycles. The predicted molar refractivity (Wildman–Crippen MR) is 112 cm³/mol. The number of nitrogens with one attached hydrogen (secondary N) is 1. The highest BCUT2D eigenvalue weighted by Gasteiger charge is 2.42. The van der Waals surface area contributed by atoms with Crippen molar-refractivity contribution in [2.45, 2.75) is 44.8 Å². The lowest BCUT2D eigenvalue weighted by molar-refractivity contribution is -0.132. The van der Waals surface area contributed by atoms with E-state index in [2.05, 4.69) is 16.3 Å². The van der Waals surface area contributed by atoms with Gasteiger partial charge in [0.15, 0.2) is 5.69 Å². The molecule has 1 aromatic carbocycles. The summed E-state index contributed by atoms with van der Waals surface area (Å²) in [4.78, 5) is 29.9. The molecular weight excluding hydrogens is 378 g/mol. The third-order valence-corrected chi connectivity index (χ3v) is 7.14. The van der Waals surface area contributed by atoms with Crippen LogP contribution in [0, 0.1) is 5.92 Å². The van der Waals surface area contributed by atoms with Crippen molar-refractivity contribution in [3.8, 4) is 0 Å². The topological polar surface area (TPSA) is 74.2 Å². The van der Waals surface area contributed by atoms with Crippen LogP contribution in [0.25, 0.3) is 10.9 Å². The van der Waals surface area contributed by atoms with Crippen LogP contribution in [0.4, 0.5) is 0 Å². The van der Waals surface area contributed by atoms with Crippen molar-refractivity contribution in [2.75, 3.05) is 13.1 Å². The van der Waals surface area contributed by atoms with Gasteiger partial charge in [-0.3, -0.25) is 14.7 Å². The van der Waals surface area contributed by atoms with Crippen molar-refractivity contribution in [2.24, 2.45) is 5.92 Å². The molecule has 1 saturated carbocycles. The Morgan fingerprint density at radius 2 is 2.07 bits per heavy atom. The minimum Gasteiger partial charge on any atom is -0.338 e. The molecule has 3 aliphatic rings. The highest BCUT2D eigenvalue weighted by molar-refractivity contribution is 5.94. The smallest absolute Gasteiger partial charge is 0.274 e. The highest BCUT2D eigenvalue weighted by atomic mass is 16.2. The first-order valence-electron chi connectivity index (χ1n) is 10.9. The number of piperidine rings is 1. The standard InChI is InChI=1S/C23H25N5O2/c29-21(14-26-9-7-16-3-1-2-4-20(16)26)27-10-8-18-19(13-27)24-25-22(18)23(30)28-12-15-5-6-17(28)11-15/h1-4,7,9,15,17H,5-6,8,10-14H2,(H,24,25)/t15-,17-/m0/s1. The number of likely N-dealkylation sites (tertiary alicyclic amines) is 1. The molecule has 3 aromatic rings. The molecule has 154 valence electrons. The number of carbonyl (C=O) groups excluding carboxylic acids is 2. The Kier molecular flexibility index (Phi) is 3.97. The molecule has 0 spiro atoms. The first-order chi connectivity index (χ1) is 14.7. The summed E-state index contributed by atoms with van der Waals surface area (Å²) >= 11 is 0. The number of amides is 2. The van der Waals surface area contributed by atoms with E-state index in [4.69, 9.17) is 0 Å². The highest BCUT2D eigenvalue weighted by Crippen LogP contribution is 2.38. The molecule has 2 bridgehead atoms. The number of nitrogens with zero attached hydrogens (tertiary/aromatic N) is 4. The second-order valence-electron chi connectivity index (χ2n) is 8.89. The van der Waals surface area contributed by atoms with E-state index in [9.17, 15) is 9.59 Å². The summed E-state index contributed by atoms with van der Waals surface area (Å²) in [5, 5.41) is 8.56. The van der Waals surface area contributed by atoms with Gasteiger partial charge in [0, 0.05) is 36.4 Å². The molecule has 30 heavy (non-hydrogen) atoms. The van der Waals surface area contributed by atoms with E-state index in [1.807, 2.05) is 44.8 Å². The number of hydrogen-bond donors (Lipinski definition) is 1. The summed E-state index contributed by atoms with van der Waals surface area (Å²) in [7, 11) is 0. The molecule has 2 aromatic heterocycles. The maximum Gasteiger partial charge on any atom is 0.274 e. The van der Waals surface area contributed by atoms with Crippen molar-refractivity contribution in [1.29, 1.82) is 0 Å². The van der Waals surface area contributed by atoms with Crippen LogP contribution in [0.5, 0.6) is 0 Å². The predicted octanol–water partition coefficient (Wildman–Crippen LogP) is 2.57. The summed E-state index contributed by atoms with van der Waals surface area (Å²) in [5.74, 6) is 0.825. The molecule has 0 unspecified atom stereocenters. The van der Waals surface area contributed by atoms with Crippen LogP contribution in [-0.4, -0.2) is 55.5 Å². The van der Waals surface area contributed by atoms with Gasteiger partial charge < -0.3 is 14.4 Å². The Morgan fingerprint density at radius 3 is 2.90 bits per heavy atom. The van der Waals surface area contributed by atoms with Crippen molar-refractivity contribution >= 4 is 22.7 Å². The van der Waals surface area contributed by atoms with Gasteiger partial charge in [-0.1, -0.05) is 18.2 Å². The van der Waals surface area contributed by atoms with Gasteiger partial charge in [-0.05, 0) is 49.1 Å². The lowest BCUT2D eigenvalue weighted by Gasteiger charge is -2.29. The fourth-order valence-electron chi connectivity index (χ4n) is 5.54. The minimum absolute atomic E-state index is 0.0679. The molecule has 1 saturated heterocycles. The average Bonchev–Trinajstić information content (AvgIpc) is 3.56. The van der Waals surface area contributed by atoms with E-state index in [0.717, 1.165) is 41.5 Å². The number of para-hydroxylation sites is 1. The van der Waals surface area contributed by atoms with E-state index >= 15 is 0 Å². The number of rotatable bonds is 3. The van der Waals surface area contributed by atoms with Crippen LogP contribution in [0.15, 0.2) is 36.5 Å². The number of H-pyrrole nitrogens is 1. The Bertz CT molecular complexity index is 1150. The number of benzene rings is 1. The maximum absolute atomic E-state index is 13.1. The Morgan fingerprint density at radius 1 is 1.17 bits per heavy atom. The van der Waals surface area contributed by atoms with Gasteiger partial charge in [-0.2, -0.15) is 5.10 Å². The number of carbonyl (C=O) groups is 2. The molecular formula is C23H25N5O2. The third kappa shape index (κ3) is 2.75. The zero-order chi connectivity index (χ0) is 20.2. The van der Waals surface area contributed by atoms with Gasteiger partial charge in [0.25, 0.3) is 5.91 Å². The SMILES string of the molecule is O=C(Cn1ccc2ccccc21)N1CCc2c(C(=O)N3C[C@H]4CC[C@H]3C4)n[nH]c2C1. The molecule has 0 radical (unpaired) electrons. The number of hydrogen-bond acceptors (Lipinski definition) is 3. The van der Waals surface area contributed by atoms with Gasteiger partial charge in [0.05, 0.1) is 12.2 Å². The van der Waals surface area contributed by atoms with Gasteiger partial charge >= 0.3 is 0 Å². The number of fused-ring (bicyclic) bond motifs is 4. The Labute approximate surface area is 174 Å². The van der Waals surface area contributed by atoms with Gasteiger partial charge in [-0.15, -0.1) is 0 Å². The van der Waals surface area contributed by atoms with E-state index in [0.29, 0.717) is 43.7 Å². The monoisotopic (exact) mass is 403 g/mol. The third-order valence-electron chi connectivity index (χ3n) is 7.14. The average molecular weight is 403 g/mol. The zero-order valence-corrected chi connectivity index (χ0v) is 16.9. The van der Waals surface area contributed by atoms with Crippen LogP contribution >= 0.6 is 0 Å². The van der Waals surface area contributed by atoms with E-state index in [1.54, 1.807) is 0 Å². The summed E-state index contributed by atoms with van der Waals surface area (Å²) in [5.41, 5.74) is 3.54. The van der Waals surface area contributed by atoms with Gasteiger partial charge in [-0.25, -0.2) is 0 Å². The largest absolute Gasteiger partial charge is 0.338 e. The molecule has 2 atom stereocenters. The second kappa shape index (κ2) is 6.72. The fourth-order valence-corrected chi connectivity index (χ4v) is 5.54. The fraction of sp³-hybridized carbons (Fsp3) is 0.435. The lowest BCUT2D eigenvalue weighted by atomic mass is 10.0. The molecule has 7 nitrogen and oxygen atoms in total. The molecule has 2 fully saturated rings. The van der Waals surface area contributed by atoms with Gasteiger partial charge in [0.1, 0.15) is 6.54 Å². The normalized spacial score (nSPS) is 22.7. The van der Waals surface area contributed by atoms with Crippen molar-refractivity contribution in [3.05, 3.63) is 53.5 Å². The van der Waals surface area contributed by atoms with E-state index in [-0.39, 0.29) is 11.8 Å². The molecule has 6 rings (SSSR count). The van der Waals surface area contributed by atoms with E-state index in [1.165, 1.54) is 6.42 Å². The summed E-state index contributed by atoms with van der Waals surface area (Å²) in [6.45, 7) is 2.30. The van der Waals surface area contributed by atoms with Crippen molar-refractivity contribution in [3.63, 3.8) is 0 Å². The summed E-state index contributed by atoms with van der Waals surface area (Å²) in [6.07, 6.45) is 6.16. The molecule has 2 amide bonds. The molecule has 4 heterocycles. The number of aromatic nitrogens is 3. The second-order valence-corrected chi connectivity index (χ2v) is 8.89. The lowest BCUT2D eigenvalue weighted by Crippen LogP contribution is -2.40. The summed E-state index contributed by atoms with van der Waals surface area (Å²) < 4.78 is 2.00. The first-order valence-corrected chi connectivity index (χ1v) is 10.9. The van der Waals surface area contributed by atoms with Crippen molar-refractivity contribution < 1.29 is 9.59 Å². The van der Waals surface area contributed by atoms with Crippen LogP contribution in [0.3, 0.4) is 0 Å². The van der Waals surface area contributed by atoms with Crippen LogP contribution in [-0.2, 0) is 24.3 Å². The van der Waals surface area contributed by atoms with Crippen molar-refractivity contribution in [1.82, 2.24) is 24.6 Å². The summed E-state index contributed by atoms with van der Waals surface area (Å²) in [6, 6.07) is 10.5. The molecule has 7 heteroatoms. The van der Waals surface area contributed by atoms with Crippen LogP contribution in [0.1, 0.15) is 41.0 Å². The Hall–Kier alpha value is -3.09. The molecule has 1 N–H and O–H groups in total.